The Morgan fingerprint density at radius 1 is 1.47 bits per heavy atom. The lowest BCUT2D eigenvalue weighted by molar-refractivity contribution is 0.0780. The topological polar surface area (TPSA) is 42.6 Å². The van der Waals surface area contributed by atoms with Crippen LogP contribution in [0.2, 0.25) is 0 Å². The van der Waals surface area contributed by atoms with E-state index in [4.69, 9.17) is 9.15 Å². The van der Waals surface area contributed by atoms with E-state index in [1.165, 1.54) is 6.07 Å². The molecule has 0 aliphatic rings. The van der Waals surface area contributed by atoms with Gasteiger partial charge in [0.15, 0.2) is 11.4 Å². The molecule has 17 heavy (non-hydrogen) atoms. The normalized spacial score (nSPS) is 13.1. The van der Waals surface area contributed by atoms with Gasteiger partial charge < -0.3 is 14.3 Å². The van der Waals surface area contributed by atoms with Crippen molar-refractivity contribution < 1.29 is 18.7 Å². The number of furan rings is 1. The second-order valence-electron chi connectivity index (χ2n) is 3.81. The van der Waals surface area contributed by atoms with E-state index in [0.717, 1.165) is 0 Å². The van der Waals surface area contributed by atoms with Crippen LogP contribution in [0.25, 0.3) is 11.0 Å². The molecule has 0 bridgehead atoms. The van der Waals surface area contributed by atoms with Crippen LogP contribution < -0.4 is 0 Å². The third-order valence-electron chi connectivity index (χ3n) is 2.58. The first-order valence-corrected chi connectivity index (χ1v) is 5.66. The first-order valence-electron chi connectivity index (χ1n) is 5.66. The van der Waals surface area contributed by atoms with E-state index in [-0.39, 0.29) is 5.58 Å². The van der Waals surface area contributed by atoms with Gasteiger partial charge in [-0.2, -0.15) is 0 Å². The van der Waals surface area contributed by atoms with Crippen LogP contribution in [-0.2, 0) is 4.74 Å². The summed E-state index contributed by atoms with van der Waals surface area (Å²) in [6.45, 7) is 2.96. The highest BCUT2D eigenvalue weighted by Crippen LogP contribution is 2.27. The lowest BCUT2D eigenvalue weighted by Crippen LogP contribution is -2.02. The Balaban J connectivity index is 2.16. The zero-order chi connectivity index (χ0) is 12.3. The van der Waals surface area contributed by atoms with Gasteiger partial charge in [0.25, 0.3) is 0 Å². The minimum atomic E-state index is -0.756. The van der Waals surface area contributed by atoms with Crippen LogP contribution >= 0.6 is 0 Å². The molecule has 0 fully saturated rings. The number of aliphatic hydroxyl groups excluding tert-OH is 1. The molecular weight excluding hydrogens is 223 g/mol. The van der Waals surface area contributed by atoms with Crippen LogP contribution in [0.15, 0.2) is 28.7 Å². The van der Waals surface area contributed by atoms with E-state index in [9.17, 15) is 9.50 Å². The van der Waals surface area contributed by atoms with Gasteiger partial charge in [-0.15, -0.1) is 0 Å². The maximum atomic E-state index is 13.4. The molecule has 0 saturated heterocycles. The fraction of sp³-hybridized carbons (Fsp3) is 0.385. The van der Waals surface area contributed by atoms with E-state index >= 15 is 0 Å². The van der Waals surface area contributed by atoms with E-state index in [1.54, 1.807) is 18.2 Å². The second-order valence-corrected chi connectivity index (χ2v) is 3.81. The van der Waals surface area contributed by atoms with Crippen molar-refractivity contribution in [3.63, 3.8) is 0 Å². The fourth-order valence-electron chi connectivity index (χ4n) is 1.69. The van der Waals surface area contributed by atoms with Crippen LogP contribution in [0.5, 0.6) is 0 Å². The number of benzene rings is 1. The summed E-state index contributed by atoms with van der Waals surface area (Å²) in [5, 5.41) is 10.5. The largest absolute Gasteiger partial charge is 0.455 e. The molecule has 1 heterocycles. The highest BCUT2D eigenvalue weighted by Gasteiger charge is 2.14. The molecule has 2 rings (SSSR count). The molecule has 0 amide bonds. The first-order chi connectivity index (χ1) is 8.22. The van der Waals surface area contributed by atoms with Gasteiger partial charge >= 0.3 is 0 Å². The van der Waals surface area contributed by atoms with E-state index in [0.29, 0.717) is 30.8 Å². The second kappa shape index (κ2) is 5.29. The average molecular weight is 238 g/mol. The molecule has 1 atom stereocenters. The number of rotatable bonds is 5. The predicted molar refractivity (Wildman–Crippen MR) is 62.2 cm³/mol. The minimum Gasteiger partial charge on any atom is -0.455 e. The Bertz CT molecular complexity index is 492. The monoisotopic (exact) mass is 238 g/mol. The van der Waals surface area contributed by atoms with Crippen LogP contribution in [0.4, 0.5) is 4.39 Å². The minimum absolute atomic E-state index is 0.193. The number of fused-ring (bicyclic) bond motifs is 1. The number of hydrogen-bond acceptors (Lipinski definition) is 3. The summed E-state index contributed by atoms with van der Waals surface area (Å²) < 4.78 is 23.8. The van der Waals surface area contributed by atoms with Crippen molar-refractivity contribution in [3.05, 3.63) is 35.8 Å². The predicted octanol–water partition coefficient (Wildman–Crippen LogP) is 3.03. The smallest absolute Gasteiger partial charge is 0.170 e. The zero-order valence-corrected chi connectivity index (χ0v) is 9.65. The first kappa shape index (κ1) is 12.1. The van der Waals surface area contributed by atoms with Crippen LogP contribution in [0, 0.1) is 5.82 Å². The molecule has 0 radical (unpaired) electrons. The summed E-state index contributed by atoms with van der Waals surface area (Å²) in [5.41, 5.74) is 0.193. The van der Waals surface area contributed by atoms with Gasteiger partial charge in [0, 0.05) is 25.0 Å². The number of para-hydroxylation sites is 1. The molecule has 2 aromatic rings. The summed E-state index contributed by atoms with van der Waals surface area (Å²) >= 11 is 0. The summed E-state index contributed by atoms with van der Waals surface area (Å²) in [6.07, 6.45) is -0.316. The summed E-state index contributed by atoms with van der Waals surface area (Å²) in [6, 6.07) is 6.36. The Morgan fingerprint density at radius 3 is 3.00 bits per heavy atom. The molecular formula is C13H15FO3. The number of halogens is 1. The molecule has 1 aromatic heterocycles. The molecule has 3 nitrogen and oxygen atoms in total. The zero-order valence-electron chi connectivity index (χ0n) is 9.65. The summed E-state index contributed by atoms with van der Waals surface area (Å²) in [7, 11) is 0. The van der Waals surface area contributed by atoms with Crippen molar-refractivity contribution in [1.82, 2.24) is 0 Å². The third-order valence-corrected chi connectivity index (χ3v) is 2.58. The van der Waals surface area contributed by atoms with Gasteiger partial charge in [0.1, 0.15) is 11.9 Å². The summed E-state index contributed by atoms with van der Waals surface area (Å²) in [4.78, 5) is 0. The number of hydrogen-bond donors (Lipinski definition) is 1. The lowest BCUT2D eigenvalue weighted by Gasteiger charge is -2.06. The highest BCUT2D eigenvalue weighted by atomic mass is 19.1. The lowest BCUT2D eigenvalue weighted by atomic mass is 10.2. The molecule has 0 aliphatic carbocycles. The standard InChI is InChI=1S/C13H15FO3/c1-2-16-7-6-11(15)12-8-9-4-3-5-10(14)13(9)17-12/h3-5,8,11,15H,2,6-7H2,1H3. The Kier molecular flexibility index (Phi) is 3.76. The Labute approximate surface area is 98.8 Å². The van der Waals surface area contributed by atoms with Gasteiger partial charge in [0.2, 0.25) is 0 Å². The quantitative estimate of drug-likeness (QED) is 0.814. The van der Waals surface area contributed by atoms with Gasteiger partial charge in [-0.25, -0.2) is 4.39 Å². The van der Waals surface area contributed by atoms with Gasteiger partial charge in [0.05, 0.1) is 0 Å². The molecule has 1 aromatic carbocycles. The van der Waals surface area contributed by atoms with Crippen LogP contribution in [-0.4, -0.2) is 18.3 Å². The summed E-state index contributed by atoms with van der Waals surface area (Å²) in [5.74, 6) is -0.0319. The van der Waals surface area contributed by atoms with E-state index in [2.05, 4.69) is 0 Å². The molecule has 1 unspecified atom stereocenters. The van der Waals surface area contributed by atoms with Crippen LogP contribution in [0.3, 0.4) is 0 Å². The van der Waals surface area contributed by atoms with Gasteiger partial charge in [-0.05, 0) is 19.1 Å². The third kappa shape index (κ3) is 2.65. The van der Waals surface area contributed by atoms with Crippen molar-refractivity contribution >= 4 is 11.0 Å². The number of aliphatic hydroxyl groups is 1. The van der Waals surface area contributed by atoms with Crippen molar-refractivity contribution in [1.29, 1.82) is 0 Å². The Hall–Kier alpha value is -1.39. The van der Waals surface area contributed by atoms with E-state index < -0.39 is 11.9 Å². The average Bonchev–Trinajstić information content (AvgIpc) is 2.75. The van der Waals surface area contributed by atoms with Crippen molar-refractivity contribution in [2.45, 2.75) is 19.4 Å². The molecule has 4 heteroatoms. The Morgan fingerprint density at radius 2 is 2.29 bits per heavy atom. The molecule has 0 aliphatic heterocycles. The van der Waals surface area contributed by atoms with Gasteiger partial charge in [-0.1, -0.05) is 12.1 Å². The van der Waals surface area contributed by atoms with E-state index in [1.807, 2.05) is 6.92 Å². The molecule has 92 valence electrons. The SMILES string of the molecule is CCOCCC(O)c1cc2cccc(F)c2o1. The molecule has 1 N–H and O–H groups in total. The maximum absolute atomic E-state index is 13.4. The fourth-order valence-corrected chi connectivity index (χ4v) is 1.69. The van der Waals surface area contributed by atoms with Crippen molar-refractivity contribution in [2.24, 2.45) is 0 Å². The van der Waals surface area contributed by atoms with Gasteiger partial charge in [-0.3, -0.25) is 0 Å². The highest BCUT2D eigenvalue weighted by molar-refractivity contribution is 5.78. The number of ether oxygens (including phenoxy) is 1. The van der Waals surface area contributed by atoms with Crippen molar-refractivity contribution in [2.75, 3.05) is 13.2 Å². The maximum Gasteiger partial charge on any atom is 0.170 e. The van der Waals surface area contributed by atoms with Crippen LogP contribution in [0.1, 0.15) is 25.2 Å². The molecule has 0 saturated carbocycles. The molecule has 0 spiro atoms. The van der Waals surface area contributed by atoms with Crippen molar-refractivity contribution in [3.8, 4) is 0 Å².